The molecule has 0 spiro atoms. The molecule has 2 fully saturated rings. The highest BCUT2D eigenvalue weighted by molar-refractivity contribution is 5.81. The molecule has 1 N–H and O–H groups in total. The number of carbonyl (C=O) groups excluding carboxylic acids is 1. The third-order valence-electron chi connectivity index (χ3n) is 6.39. The number of hydrogen-bond acceptors (Lipinski definition) is 7. The minimum absolute atomic E-state index is 0.00961. The Morgan fingerprint density at radius 2 is 2.14 bits per heavy atom. The fourth-order valence-corrected chi connectivity index (χ4v) is 4.59. The van der Waals surface area contributed by atoms with E-state index in [2.05, 4.69) is 39.0 Å². The molecule has 1 aromatic carbocycles. The van der Waals surface area contributed by atoms with Crippen LogP contribution in [0.15, 0.2) is 30.6 Å². The molecule has 0 aliphatic carbocycles. The van der Waals surface area contributed by atoms with E-state index in [4.69, 9.17) is 4.89 Å². The van der Waals surface area contributed by atoms with E-state index < -0.39 is 6.09 Å². The van der Waals surface area contributed by atoms with Crippen LogP contribution in [-0.2, 0) is 9.78 Å². The fraction of sp³-hybridized carbons (Fsp3) is 0.550. The lowest BCUT2D eigenvalue weighted by atomic mass is 9.86. The maximum Gasteiger partial charge on any atom is 0.441 e. The van der Waals surface area contributed by atoms with Crippen LogP contribution in [0, 0.1) is 0 Å². The normalized spacial score (nSPS) is 28.6. The summed E-state index contributed by atoms with van der Waals surface area (Å²) in [7, 11) is 3.50. The van der Waals surface area contributed by atoms with Gasteiger partial charge in [0.2, 0.25) is 0 Å². The zero-order valence-corrected chi connectivity index (χ0v) is 16.6. The number of likely N-dealkylation sites (N-methyl/N-ethyl adjacent to an activating group) is 1. The Hall–Kier alpha value is -2.29. The number of piperazine rings is 1. The largest absolute Gasteiger partial charge is 0.441 e. The average molecular weight is 385 g/mol. The van der Waals surface area contributed by atoms with E-state index in [-0.39, 0.29) is 17.6 Å². The van der Waals surface area contributed by atoms with Gasteiger partial charge in [-0.25, -0.2) is 14.8 Å². The molecule has 0 radical (unpaired) electrons. The molecular formula is C20H27N5O3. The second kappa shape index (κ2) is 7.62. The van der Waals surface area contributed by atoms with Crippen LogP contribution in [0.4, 0.5) is 4.79 Å². The van der Waals surface area contributed by atoms with Crippen LogP contribution < -0.4 is 5.32 Å². The van der Waals surface area contributed by atoms with E-state index in [0.29, 0.717) is 13.1 Å². The van der Waals surface area contributed by atoms with E-state index in [0.717, 1.165) is 36.0 Å². The molecular weight excluding hydrogens is 358 g/mol. The average Bonchev–Trinajstić information content (AvgIpc) is 3.07. The Morgan fingerprint density at radius 1 is 1.32 bits per heavy atom. The zero-order chi connectivity index (χ0) is 19.7. The molecule has 28 heavy (non-hydrogen) atoms. The smallest absolute Gasteiger partial charge is 0.308 e. The Bertz CT molecular complexity index is 857. The van der Waals surface area contributed by atoms with Gasteiger partial charge < -0.3 is 5.32 Å². The quantitative estimate of drug-likeness (QED) is 0.640. The van der Waals surface area contributed by atoms with Gasteiger partial charge in [-0.3, -0.25) is 14.7 Å². The molecule has 1 amide bonds. The molecule has 0 saturated carbocycles. The molecule has 3 heterocycles. The molecule has 1 aromatic heterocycles. The maximum absolute atomic E-state index is 12.8. The number of nitrogens with one attached hydrogen (secondary N) is 1. The Labute approximate surface area is 164 Å². The van der Waals surface area contributed by atoms with Crippen molar-refractivity contribution in [2.75, 3.05) is 33.8 Å². The topological polar surface area (TPSA) is 79.8 Å². The molecule has 2 aliphatic heterocycles. The first-order valence-corrected chi connectivity index (χ1v) is 9.70. The van der Waals surface area contributed by atoms with Crippen molar-refractivity contribution >= 4 is 17.0 Å². The minimum atomic E-state index is -0.494. The third kappa shape index (κ3) is 3.21. The van der Waals surface area contributed by atoms with E-state index in [1.807, 2.05) is 24.3 Å². The fourth-order valence-electron chi connectivity index (χ4n) is 4.59. The van der Waals surface area contributed by atoms with Gasteiger partial charge in [-0.1, -0.05) is 18.2 Å². The van der Waals surface area contributed by atoms with Gasteiger partial charge >= 0.3 is 6.09 Å². The van der Waals surface area contributed by atoms with E-state index in [9.17, 15) is 4.79 Å². The monoisotopic (exact) mass is 385 g/mol. The highest BCUT2D eigenvalue weighted by Gasteiger charge is 2.46. The number of rotatable bonds is 3. The number of carbonyl (C=O) groups is 1. The number of aromatic nitrogens is 2. The van der Waals surface area contributed by atoms with Gasteiger partial charge in [-0.05, 0) is 39.4 Å². The Morgan fingerprint density at radius 3 is 2.89 bits per heavy atom. The maximum atomic E-state index is 12.8. The summed E-state index contributed by atoms with van der Waals surface area (Å²) in [6.45, 7) is 4.44. The summed E-state index contributed by atoms with van der Waals surface area (Å²) in [6.07, 6.45) is 3.31. The lowest BCUT2D eigenvalue weighted by molar-refractivity contribution is -0.224. The summed E-state index contributed by atoms with van der Waals surface area (Å²) >= 11 is 0. The highest BCUT2D eigenvalue weighted by Crippen LogP contribution is 2.35. The van der Waals surface area contributed by atoms with Crippen molar-refractivity contribution in [2.24, 2.45) is 0 Å². The van der Waals surface area contributed by atoms with E-state index >= 15 is 0 Å². The standard InChI is InChI=1S/C20H27N5O3/c1-20(9-6-10-24(20)2)17-12-25(19(26)28-27-3)16(11-21-17)18-14-7-4-5-8-15(14)22-13-23-18/h4-5,7-8,13,16-17,21H,6,9-12H2,1-3H3. The summed E-state index contributed by atoms with van der Waals surface area (Å²) < 4.78 is 0. The predicted molar refractivity (Wildman–Crippen MR) is 105 cm³/mol. The lowest BCUT2D eigenvalue weighted by Crippen LogP contribution is -2.65. The molecule has 0 bridgehead atoms. The summed E-state index contributed by atoms with van der Waals surface area (Å²) in [5.41, 5.74) is 1.66. The van der Waals surface area contributed by atoms with Crippen LogP contribution in [0.25, 0.3) is 10.9 Å². The minimum Gasteiger partial charge on any atom is -0.308 e. The number of benzene rings is 1. The van der Waals surface area contributed by atoms with Crippen LogP contribution >= 0.6 is 0 Å². The van der Waals surface area contributed by atoms with Gasteiger partial charge in [0.15, 0.2) is 0 Å². The number of para-hydroxylation sites is 1. The number of fused-ring (bicyclic) bond motifs is 1. The number of likely N-dealkylation sites (tertiary alicyclic amines) is 1. The molecule has 150 valence electrons. The first-order chi connectivity index (χ1) is 13.5. The SMILES string of the molecule is COOC(=O)N1CC(C2(C)CCCN2C)NCC1c1ncnc2ccccc12. The predicted octanol–water partition coefficient (Wildman–Crippen LogP) is 2.13. The van der Waals surface area contributed by atoms with Gasteiger partial charge in [0.05, 0.1) is 24.4 Å². The molecule has 2 aliphatic rings. The van der Waals surface area contributed by atoms with Crippen molar-refractivity contribution in [1.29, 1.82) is 0 Å². The van der Waals surface area contributed by atoms with E-state index in [1.165, 1.54) is 7.11 Å². The molecule has 2 aromatic rings. The van der Waals surface area contributed by atoms with E-state index in [1.54, 1.807) is 11.2 Å². The number of hydrogen-bond donors (Lipinski definition) is 1. The van der Waals surface area contributed by atoms with Crippen LogP contribution in [0.5, 0.6) is 0 Å². The van der Waals surface area contributed by atoms with Crippen LogP contribution in [0.2, 0.25) is 0 Å². The first kappa shape index (κ1) is 19.0. The van der Waals surface area contributed by atoms with Gasteiger partial charge in [0, 0.05) is 30.1 Å². The lowest BCUT2D eigenvalue weighted by Gasteiger charge is -2.47. The van der Waals surface area contributed by atoms with Crippen molar-refractivity contribution in [3.05, 3.63) is 36.3 Å². The van der Waals surface area contributed by atoms with Crippen molar-refractivity contribution < 1.29 is 14.6 Å². The molecule has 3 atom stereocenters. The first-order valence-electron chi connectivity index (χ1n) is 9.70. The third-order valence-corrected chi connectivity index (χ3v) is 6.39. The van der Waals surface area contributed by atoms with Crippen molar-refractivity contribution in [3.8, 4) is 0 Å². The van der Waals surface area contributed by atoms with Crippen LogP contribution in [-0.4, -0.2) is 71.2 Å². The summed E-state index contributed by atoms with van der Waals surface area (Å²) in [4.78, 5) is 35.3. The molecule has 8 heteroatoms. The summed E-state index contributed by atoms with van der Waals surface area (Å²) in [5, 5.41) is 4.62. The van der Waals surface area contributed by atoms with Gasteiger partial charge in [-0.2, -0.15) is 4.89 Å². The Kier molecular flexibility index (Phi) is 5.18. The highest BCUT2D eigenvalue weighted by atomic mass is 17.2. The number of nitrogens with zero attached hydrogens (tertiary/aromatic N) is 4. The van der Waals surface area contributed by atoms with Gasteiger partial charge in [-0.15, -0.1) is 0 Å². The van der Waals surface area contributed by atoms with Crippen LogP contribution in [0.3, 0.4) is 0 Å². The summed E-state index contributed by atoms with van der Waals surface area (Å²) in [5.74, 6) is 0. The molecule has 3 unspecified atom stereocenters. The number of amides is 1. The second-order valence-corrected chi connectivity index (χ2v) is 7.80. The Balaban J connectivity index is 1.68. The molecule has 2 saturated heterocycles. The van der Waals surface area contributed by atoms with Crippen LogP contribution in [0.1, 0.15) is 31.5 Å². The molecule has 4 rings (SSSR count). The zero-order valence-electron chi connectivity index (χ0n) is 16.6. The summed E-state index contributed by atoms with van der Waals surface area (Å²) in [6, 6.07) is 7.72. The molecule has 8 nitrogen and oxygen atoms in total. The van der Waals surface area contributed by atoms with Crippen molar-refractivity contribution in [3.63, 3.8) is 0 Å². The van der Waals surface area contributed by atoms with Gasteiger partial charge in [0.1, 0.15) is 6.33 Å². The second-order valence-electron chi connectivity index (χ2n) is 7.80. The van der Waals surface area contributed by atoms with Crippen molar-refractivity contribution in [2.45, 2.75) is 37.4 Å². The van der Waals surface area contributed by atoms with Gasteiger partial charge in [0.25, 0.3) is 0 Å². The van der Waals surface area contributed by atoms with Crippen molar-refractivity contribution in [1.82, 2.24) is 25.1 Å².